The predicted molar refractivity (Wildman–Crippen MR) is 93.1 cm³/mol. The average molecular weight is 368 g/mol. The van der Waals surface area contributed by atoms with E-state index in [-0.39, 0.29) is 11.1 Å². The molecule has 0 fully saturated rings. The quantitative estimate of drug-likeness (QED) is 0.712. The summed E-state index contributed by atoms with van der Waals surface area (Å²) >= 11 is 12.5. The van der Waals surface area contributed by atoms with Crippen LogP contribution in [0, 0.1) is 6.92 Å². The van der Waals surface area contributed by atoms with Crippen LogP contribution in [0.5, 0.6) is 11.5 Å². The molecular weight excluding hydrogens is 353 g/mol. The molecule has 24 heavy (non-hydrogen) atoms. The minimum Gasteiger partial charge on any atom is -0.496 e. The largest absolute Gasteiger partial charge is 0.496 e. The van der Waals surface area contributed by atoms with Crippen LogP contribution < -0.4 is 15.2 Å². The van der Waals surface area contributed by atoms with E-state index in [9.17, 15) is 0 Å². The number of anilines is 1. The van der Waals surface area contributed by atoms with E-state index in [1.807, 2.05) is 13.0 Å². The lowest BCUT2D eigenvalue weighted by Gasteiger charge is -2.15. The first kappa shape index (κ1) is 16.6. The Bertz CT molecular complexity index is 926. The van der Waals surface area contributed by atoms with E-state index in [0.29, 0.717) is 34.1 Å². The van der Waals surface area contributed by atoms with Crippen LogP contribution >= 0.6 is 23.2 Å². The summed E-state index contributed by atoms with van der Waals surface area (Å²) < 4.78 is 12.4. The Balaban J connectivity index is 2.12. The van der Waals surface area contributed by atoms with Crippen molar-refractivity contribution in [1.29, 1.82) is 0 Å². The maximum Gasteiger partial charge on any atom is 0.223 e. The third kappa shape index (κ3) is 2.70. The van der Waals surface area contributed by atoms with Crippen molar-refractivity contribution in [2.45, 2.75) is 13.5 Å². The lowest BCUT2D eigenvalue weighted by Crippen LogP contribution is -2.06. The van der Waals surface area contributed by atoms with Crippen LogP contribution in [-0.4, -0.2) is 34.0 Å². The van der Waals surface area contributed by atoms with Gasteiger partial charge in [-0.1, -0.05) is 23.2 Å². The van der Waals surface area contributed by atoms with Crippen molar-refractivity contribution in [1.82, 2.24) is 19.7 Å². The van der Waals surface area contributed by atoms with Crippen molar-refractivity contribution in [3.63, 3.8) is 0 Å². The van der Waals surface area contributed by atoms with E-state index >= 15 is 0 Å². The minimum atomic E-state index is 0.0828. The zero-order valence-electron chi connectivity index (χ0n) is 13.3. The Morgan fingerprint density at radius 1 is 1.21 bits per heavy atom. The molecule has 0 saturated heterocycles. The minimum absolute atomic E-state index is 0.0828. The molecule has 7 nitrogen and oxygen atoms in total. The highest BCUT2D eigenvalue weighted by Crippen LogP contribution is 2.38. The van der Waals surface area contributed by atoms with E-state index in [2.05, 4.69) is 15.1 Å². The van der Waals surface area contributed by atoms with Gasteiger partial charge in [-0.3, -0.25) is 0 Å². The fourth-order valence-electron chi connectivity index (χ4n) is 2.54. The first-order chi connectivity index (χ1) is 11.5. The number of nitrogens with zero attached hydrogens (tertiary/aromatic N) is 4. The van der Waals surface area contributed by atoms with Gasteiger partial charge in [-0.15, -0.1) is 0 Å². The number of nitrogen functional groups attached to an aromatic ring is 1. The second-order valence-electron chi connectivity index (χ2n) is 5.12. The van der Waals surface area contributed by atoms with Gasteiger partial charge in [0.2, 0.25) is 5.95 Å². The number of ether oxygens (including phenoxy) is 2. The molecule has 0 atom stereocenters. The summed E-state index contributed by atoms with van der Waals surface area (Å²) in [5.74, 6) is 1.32. The topological polar surface area (TPSA) is 88.1 Å². The molecule has 3 aromatic rings. The molecule has 2 aromatic heterocycles. The predicted octanol–water partition coefficient (Wildman–Crippen LogP) is 3.09. The zero-order valence-corrected chi connectivity index (χ0v) is 14.8. The van der Waals surface area contributed by atoms with E-state index < -0.39 is 0 Å². The Hall–Kier alpha value is -2.25. The smallest absolute Gasteiger partial charge is 0.223 e. The summed E-state index contributed by atoms with van der Waals surface area (Å²) in [5.41, 5.74) is 7.80. The van der Waals surface area contributed by atoms with Gasteiger partial charge in [0.05, 0.1) is 37.4 Å². The van der Waals surface area contributed by atoms with Gasteiger partial charge in [-0.05, 0) is 18.6 Å². The monoisotopic (exact) mass is 367 g/mol. The van der Waals surface area contributed by atoms with Crippen LogP contribution in [-0.2, 0) is 6.54 Å². The summed E-state index contributed by atoms with van der Waals surface area (Å²) in [4.78, 5) is 8.12. The number of fused-ring (bicyclic) bond motifs is 1. The van der Waals surface area contributed by atoms with Gasteiger partial charge in [-0.2, -0.15) is 10.1 Å². The van der Waals surface area contributed by atoms with E-state index in [0.717, 1.165) is 11.1 Å². The van der Waals surface area contributed by atoms with Gasteiger partial charge >= 0.3 is 0 Å². The van der Waals surface area contributed by atoms with Crippen LogP contribution in [0.4, 0.5) is 5.95 Å². The number of halogens is 2. The van der Waals surface area contributed by atoms with Gasteiger partial charge in [0.25, 0.3) is 0 Å². The maximum atomic E-state index is 6.47. The highest BCUT2D eigenvalue weighted by Gasteiger charge is 2.18. The molecule has 9 heteroatoms. The first-order valence-corrected chi connectivity index (χ1v) is 7.76. The molecule has 0 spiro atoms. The van der Waals surface area contributed by atoms with Crippen LogP contribution in [0.25, 0.3) is 11.0 Å². The molecule has 2 heterocycles. The van der Waals surface area contributed by atoms with Gasteiger partial charge in [0.1, 0.15) is 16.7 Å². The van der Waals surface area contributed by atoms with Gasteiger partial charge in [0, 0.05) is 5.56 Å². The molecule has 0 radical (unpaired) electrons. The third-order valence-corrected chi connectivity index (χ3v) is 4.41. The standard InChI is InChI=1S/C15H15Cl2N5O2/c1-7-10(23-2)4-8(11(16)12(7)24-3)6-22-14-9(5-19-22)13(17)20-15(18)21-14/h4-5H,6H2,1-3H3,(H2,18,20,21). The Kier molecular flexibility index (Phi) is 4.38. The lowest BCUT2D eigenvalue weighted by molar-refractivity contribution is 0.387. The SMILES string of the molecule is COc1cc(Cn2ncc3c(Cl)nc(N)nc32)c(Cl)c(OC)c1C. The van der Waals surface area contributed by atoms with E-state index in [1.54, 1.807) is 25.1 Å². The molecular formula is C15H15Cl2N5O2. The van der Waals surface area contributed by atoms with Crippen LogP contribution in [0.1, 0.15) is 11.1 Å². The number of hydrogen-bond donors (Lipinski definition) is 1. The Labute approximate surface area is 148 Å². The van der Waals surface area contributed by atoms with Gasteiger partial charge in [0.15, 0.2) is 5.65 Å². The van der Waals surface area contributed by atoms with Crippen molar-refractivity contribution in [3.05, 3.63) is 33.6 Å². The Morgan fingerprint density at radius 2 is 1.96 bits per heavy atom. The van der Waals surface area contributed by atoms with Gasteiger partial charge in [-0.25, -0.2) is 9.67 Å². The van der Waals surface area contributed by atoms with Gasteiger partial charge < -0.3 is 15.2 Å². The molecule has 126 valence electrons. The van der Waals surface area contributed by atoms with Crippen molar-refractivity contribution in [2.24, 2.45) is 0 Å². The molecule has 1 aromatic carbocycles. The molecule has 3 rings (SSSR count). The van der Waals surface area contributed by atoms with Crippen molar-refractivity contribution in [2.75, 3.05) is 20.0 Å². The first-order valence-electron chi connectivity index (χ1n) is 7.00. The van der Waals surface area contributed by atoms with Crippen LogP contribution in [0.2, 0.25) is 10.2 Å². The highest BCUT2D eigenvalue weighted by molar-refractivity contribution is 6.34. The summed E-state index contributed by atoms with van der Waals surface area (Å²) in [7, 11) is 3.16. The number of methoxy groups -OCH3 is 2. The summed E-state index contributed by atoms with van der Waals surface area (Å²) in [6, 6.07) is 1.85. The molecule has 2 N–H and O–H groups in total. The fourth-order valence-corrected chi connectivity index (χ4v) is 3.09. The number of nitrogens with two attached hydrogens (primary N) is 1. The second-order valence-corrected chi connectivity index (χ2v) is 5.86. The Morgan fingerprint density at radius 3 is 2.62 bits per heavy atom. The van der Waals surface area contributed by atoms with Crippen molar-refractivity contribution >= 4 is 40.2 Å². The zero-order chi connectivity index (χ0) is 17.4. The average Bonchev–Trinajstić information content (AvgIpc) is 2.93. The normalized spacial score (nSPS) is 11.0. The summed E-state index contributed by atoms with van der Waals surface area (Å²) in [6.45, 7) is 2.23. The molecule has 0 aliphatic carbocycles. The molecule has 0 aliphatic rings. The lowest BCUT2D eigenvalue weighted by atomic mass is 10.1. The number of rotatable bonds is 4. The molecule has 0 unspecified atom stereocenters. The van der Waals surface area contributed by atoms with Crippen molar-refractivity contribution < 1.29 is 9.47 Å². The van der Waals surface area contributed by atoms with Crippen LogP contribution in [0.3, 0.4) is 0 Å². The fraction of sp³-hybridized carbons (Fsp3) is 0.267. The summed E-state index contributed by atoms with van der Waals surface area (Å²) in [5, 5.41) is 5.67. The van der Waals surface area contributed by atoms with E-state index in [4.69, 9.17) is 38.4 Å². The van der Waals surface area contributed by atoms with Crippen LogP contribution in [0.15, 0.2) is 12.3 Å². The second kappa shape index (κ2) is 6.33. The third-order valence-electron chi connectivity index (χ3n) is 3.71. The highest BCUT2D eigenvalue weighted by atomic mass is 35.5. The molecule has 0 aliphatic heterocycles. The molecule has 0 saturated carbocycles. The molecule has 0 amide bonds. The number of benzene rings is 1. The summed E-state index contributed by atoms with van der Waals surface area (Å²) in [6.07, 6.45) is 1.59. The van der Waals surface area contributed by atoms with Crippen molar-refractivity contribution in [3.8, 4) is 11.5 Å². The van der Waals surface area contributed by atoms with E-state index in [1.165, 1.54) is 0 Å². The molecule has 0 bridgehead atoms. The number of hydrogen-bond acceptors (Lipinski definition) is 6. The number of aromatic nitrogens is 4. The maximum absolute atomic E-state index is 6.47.